The van der Waals surface area contributed by atoms with Crippen LogP contribution in [0, 0.1) is 12.8 Å². The van der Waals surface area contributed by atoms with Crippen LogP contribution in [0.1, 0.15) is 42.9 Å². The molecule has 10 heteroatoms. The van der Waals surface area contributed by atoms with Gasteiger partial charge in [-0.25, -0.2) is 4.99 Å². The van der Waals surface area contributed by atoms with Crippen molar-refractivity contribution in [3.8, 4) is 5.75 Å². The van der Waals surface area contributed by atoms with Gasteiger partial charge in [0.1, 0.15) is 11.6 Å². The summed E-state index contributed by atoms with van der Waals surface area (Å²) in [7, 11) is 3.47. The second kappa shape index (κ2) is 10.0. The smallest absolute Gasteiger partial charge is 0.391 e. The van der Waals surface area contributed by atoms with E-state index in [0.717, 1.165) is 17.1 Å². The van der Waals surface area contributed by atoms with E-state index in [-0.39, 0.29) is 18.9 Å². The fraction of sp³-hybridized carbons (Fsp3) is 0.571. The third-order valence-corrected chi connectivity index (χ3v) is 5.65. The van der Waals surface area contributed by atoms with Crippen LogP contribution in [0.5, 0.6) is 5.75 Å². The Kier molecular flexibility index (Phi) is 7.40. The molecule has 0 radical (unpaired) electrons. The summed E-state index contributed by atoms with van der Waals surface area (Å²) < 4.78 is 46.6. The number of nitrogens with zero attached hydrogens (tertiary/aromatic N) is 4. The molecule has 1 aromatic heterocycles. The third kappa shape index (κ3) is 6.35. The number of halogens is 3. The normalized spacial score (nSPS) is 19.9. The van der Waals surface area contributed by atoms with Crippen LogP contribution in [-0.4, -0.2) is 40.1 Å². The summed E-state index contributed by atoms with van der Waals surface area (Å²) in [5, 5.41) is 14.6. The Bertz CT molecular complexity index is 878. The van der Waals surface area contributed by atoms with Gasteiger partial charge in [-0.3, -0.25) is 0 Å². The summed E-state index contributed by atoms with van der Waals surface area (Å²) in [4.78, 5) is 4.60. The molecule has 3 rings (SSSR count). The number of aromatic nitrogens is 3. The van der Waals surface area contributed by atoms with E-state index in [2.05, 4.69) is 25.8 Å². The molecule has 0 saturated heterocycles. The Morgan fingerprint density at radius 3 is 2.58 bits per heavy atom. The molecule has 2 N–H and O–H groups in total. The molecule has 0 bridgehead atoms. The fourth-order valence-corrected chi connectivity index (χ4v) is 3.63. The number of guanidine groups is 1. The molecule has 0 amide bonds. The van der Waals surface area contributed by atoms with Gasteiger partial charge < -0.3 is 19.9 Å². The van der Waals surface area contributed by atoms with Crippen molar-refractivity contribution in [1.29, 1.82) is 0 Å². The van der Waals surface area contributed by atoms with Gasteiger partial charge in [0.25, 0.3) is 0 Å². The number of alkyl halides is 3. The maximum atomic E-state index is 13.2. The number of rotatable bonds is 6. The second-order valence-corrected chi connectivity index (χ2v) is 7.84. The van der Waals surface area contributed by atoms with Crippen LogP contribution >= 0.6 is 0 Å². The number of nitrogens with one attached hydrogen (secondary N) is 2. The molecule has 1 aliphatic carbocycles. The van der Waals surface area contributed by atoms with Gasteiger partial charge in [0.05, 0.1) is 26.1 Å². The zero-order chi connectivity index (χ0) is 22.4. The second-order valence-electron chi connectivity index (χ2n) is 7.84. The van der Waals surface area contributed by atoms with Crippen molar-refractivity contribution in [3.05, 3.63) is 41.5 Å². The van der Waals surface area contributed by atoms with E-state index in [1.54, 1.807) is 7.11 Å². The van der Waals surface area contributed by atoms with Crippen LogP contribution < -0.4 is 15.4 Å². The molecule has 1 fully saturated rings. The van der Waals surface area contributed by atoms with Crippen molar-refractivity contribution >= 4 is 5.96 Å². The Morgan fingerprint density at radius 2 is 1.97 bits per heavy atom. The lowest BCUT2D eigenvalue weighted by atomic mass is 9.85. The molecule has 2 unspecified atom stereocenters. The van der Waals surface area contributed by atoms with Gasteiger partial charge in [0.15, 0.2) is 11.8 Å². The van der Waals surface area contributed by atoms with E-state index in [4.69, 9.17) is 4.74 Å². The summed E-state index contributed by atoms with van der Waals surface area (Å²) in [6, 6.07) is 7.23. The number of hydrogen-bond donors (Lipinski definition) is 2. The molecule has 31 heavy (non-hydrogen) atoms. The number of aliphatic imine (C=N–C) groups is 1. The predicted molar refractivity (Wildman–Crippen MR) is 112 cm³/mol. The molecule has 7 nitrogen and oxygen atoms in total. The zero-order valence-electron chi connectivity index (χ0n) is 18.0. The Hall–Kier alpha value is -2.78. The number of ether oxygens (including phenoxy) is 1. The number of aryl methyl sites for hydroxylation is 1. The summed E-state index contributed by atoms with van der Waals surface area (Å²) in [5.41, 5.74) is 0.966. The molecule has 2 aromatic rings. The molecule has 1 aliphatic rings. The molecule has 1 aromatic carbocycles. The minimum absolute atomic E-state index is 0.0514. The van der Waals surface area contributed by atoms with Crippen LogP contribution in [0.4, 0.5) is 13.2 Å². The van der Waals surface area contributed by atoms with E-state index >= 15 is 0 Å². The average Bonchev–Trinajstić information content (AvgIpc) is 3.07. The van der Waals surface area contributed by atoms with Crippen LogP contribution in [0.2, 0.25) is 0 Å². The lowest BCUT2D eigenvalue weighted by Crippen LogP contribution is -2.46. The Morgan fingerprint density at radius 1 is 1.23 bits per heavy atom. The van der Waals surface area contributed by atoms with Crippen LogP contribution in [0.3, 0.4) is 0 Å². The lowest BCUT2D eigenvalue weighted by Gasteiger charge is -2.32. The highest BCUT2D eigenvalue weighted by Gasteiger charge is 2.42. The minimum Gasteiger partial charge on any atom is -0.497 e. The van der Waals surface area contributed by atoms with Crippen LogP contribution in [-0.2, 0) is 20.1 Å². The minimum atomic E-state index is -4.16. The summed E-state index contributed by atoms with van der Waals surface area (Å²) in [6.45, 7) is 2.60. The van der Waals surface area contributed by atoms with E-state index < -0.39 is 12.1 Å². The van der Waals surface area contributed by atoms with Crippen molar-refractivity contribution in [2.24, 2.45) is 18.0 Å². The zero-order valence-corrected chi connectivity index (χ0v) is 18.0. The van der Waals surface area contributed by atoms with Crippen molar-refractivity contribution in [2.75, 3.05) is 7.11 Å². The standard InChI is InChI=1S/C21H29F3N6O/c1-14-28-29-19(30(14)2)13-26-20(25-12-15-7-9-18(31-3)10-8-15)27-17-6-4-5-16(11-17)21(22,23)24/h7-10,16-17H,4-6,11-13H2,1-3H3,(H2,25,26,27). The molecule has 0 spiro atoms. The molecule has 170 valence electrons. The molecule has 0 aliphatic heterocycles. The van der Waals surface area contributed by atoms with Crippen LogP contribution in [0.15, 0.2) is 29.3 Å². The number of hydrogen-bond acceptors (Lipinski definition) is 4. The van der Waals surface area contributed by atoms with E-state index in [9.17, 15) is 13.2 Å². The van der Waals surface area contributed by atoms with E-state index in [0.29, 0.717) is 37.7 Å². The third-order valence-electron chi connectivity index (χ3n) is 5.65. The van der Waals surface area contributed by atoms with Crippen molar-refractivity contribution in [2.45, 2.75) is 57.9 Å². The first-order valence-corrected chi connectivity index (χ1v) is 10.4. The van der Waals surface area contributed by atoms with Gasteiger partial charge >= 0.3 is 6.18 Å². The molecule has 1 heterocycles. The quantitative estimate of drug-likeness (QED) is 0.533. The maximum Gasteiger partial charge on any atom is 0.391 e. The summed E-state index contributed by atoms with van der Waals surface area (Å²) in [6.07, 6.45) is -2.71. The topological polar surface area (TPSA) is 76.4 Å². The fourth-order valence-electron chi connectivity index (χ4n) is 3.63. The van der Waals surface area contributed by atoms with Gasteiger partial charge in [-0.2, -0.15) is 13.2 Å². The Balaban J connectivity index is 1.70. The van der Waals surface area contributed by atoms with Gasteiger partial charge in [0.2, 0.25) is 0 Å². The first-order chi connectivity index (χ1) is 14.8. The van der Waals surface area contributed by atoms with Gasteiger partial charge in [-0.1, -0.05) is 18.6 Å². The average molecular weight is 438 g/mol. The van der Waals surface area contributed by atoms with Crippen molar-refractivity contribution in [3.63, 3.8) is 0 Å². The maximum absolute atomic E-state index is 13.2. The summed E-state index contributed by atoms with van der Waals surface area (Å²) in [5.74, 6) is 1.43. The first-order valence-electron chi connectivity index (χ1n) is 10.4. The highest BCUT2D eigenvalue weighted by molar-refractivity contribution is 5.80. The Labute approximate surface area is 180 Å². The molecule has 1 saturated carbocycles. The predicted octanol–water partition coefficient (Wildman–Crippen LogP) is 3.49. The molecule has 2 atom stereocenters. The monoisotopic (exact) mass is 438 g/mol. The largest absolute Gasteiger partial charge is 0.497 e. The van der Waals surface area contributed by atoms with Crippen molar-refractivity contribution < 1.29 is 17.9 Å². The van der Waals surface area contributed by atoms with E-state index in [1.165, 1.54) is 0 Å². The van der Waals surface area contributed by atoms with Gasteiger partial charge in [0, 0.05) is 13.1 Å². The van der Waals surface area contributed by atoms with Gasteiger partial charge in [-0.15, -0.1) is 10.2 Å². The molecular weight excluding hydrogens is 409 g/mol. The van der Waals surface area contributed by atoms with Crippen LogP contribution in [0.25, 0.3) is 0 Å². The highest BCUT2D eigenvalue weighted by atomic mass is 19.4. The van der Waals surface area contributed by atoms with E-state index in [1.807, 2.05) is 42.8 Å². The summed E-state index contributed by atoms with van der Waals surface area (Å²) >= 11 is 0. The SMILES string of the molecule is COc1ccc(CN=C(NCc2nnc(C)n2C)NC2CCCC(C(F)(F)F)C2)cc1. The van der Waals surface area contributed by atoms with Crippen molar-refractivity contribution in [1.82, 2.24) is 25.4 Å². The lowest BCUT2D eigenvalue weighted by molar-refractivity contribution is -0.183. The molecular formula is C21H29F3N6O. The highest BCUT2D eigenvalue weighted by Crippen LogP contribution is 2.37. The number of methoxy groups -OCH3 is 1. The first kappa shape index (κ1) is 22.9. The number of benzene rings is 1. The van der Waals surface area contributed by atoms with Gasteiger partial charge in [-0.05, 0) is 43.9 Å².